The van der Waals surface area contributed by atoms with E-state index in [-0.39, 0.29) is 30.4 Å². The van der Waals surface area contributed by atoms with Crippen LogP contribution in [0.1, 0.15) is 30.7 Å². The van der Waals surface area contributed by atoms with Gasteiger partial charge < -0.3 is 9.47 Å². The molecule has 1 aliphatic heterocycles. The Morgan fingerprint density at radius 2 is 2.21 bits per heavy atom. The summed E-state index contributed by atoms with van der Waals surface area (Å²) in [7, 11) is 0. The van der Waals surface area contributed by atoms with Gasteiger partial charge in [-0.3, -0.25) is 4.79 Å². The normalized spacial score (nSPS) is 17.5. The van der Waals surface area contributed by atoms with Gasteiger partial charge in [0.1, 0.15) is 5.82 Å². The average molecular weight is 333 g/mol. The van der Waals surface area contributed by atoms with Crippen molar-refractivity contribution in [2.75, 3.05) is 6.54 Å². The maximum atomic E-state index is 13.7. The number of rotatable bonds is 5. The van der Waals surface area contributed by atoms with Crippen LogP contribution in [-0.4, -0.2) is 32.9 Å². The molecule has 1 atom stereocenters. The summed E-state index contributed by atoms with van der Waals surface area (Å²) in [5, 5.41) is 0. The molecule has 2 aromatic rings. The highest BCUT2D eigenvalue weighted by molar-refractivity contribution is 5.77. The summed E-state index contributed by atoms with van der Waals surface area (Å²) < 4.78 is 29.0. The summed E-state index contributed by atoms with van der Waals surface area (Å²) in [5.41, 5.74) is 0.254. The number of hydrogen-bond donors (Lipinski definition) is 0. The van der Waals surface area contributed by atoms with Gasteiger partial charge in [0.15, 0.2) is 11.6 Å². The number of likely N-dealkylation sites (tertiary alicyclic amines) is 1. The second-order valence-electron chi connectivity index (χ2n) is 6.22. The van der Waals surface area contributed by atoms with E-state index in [0.29, 0.717) is 0 Å². The molecule has 128 valence electrons. The zero-order valence-electron chi connectivity index (χ0n) is 13.7. The quantitative estimate of drug-likeness (QED) is 0.843. The summed E-state index contributed by atoms with van der Waals surface area (Å²) in [4.78, 5) is 18.6. The summed E-state index contributed by atoms with van der Waals surface area (Å²) in [6.45, 7) is 3.39. The number of aryl methyl sites for hydroxylation is 2. The van der Waals surface area contributed by atoms with Crippen LogP contribution in [0, 0.1) is 18.6 Å². The Bertz CT molecular complexity index is 729. The maximum Gasteiger partial charge on any atom is 0.223 e. The molecule has 0 saturated carbocycles. The summed E-state index contributed by atoms with van der Waals surface area (Å²) >= 11 is 0. The van der Waals surface area contributed by atoms with Crippen LogP contribution in [0.25, 0.3) is 0 Å². The number of amides is 1. The molecule has 24 heavy (non-hydrogen) atoms. The molecule has 0 spiro atoms. The van der Waals surface area contributed by atoms with Gasteiger partial charge >= 0.3 is 0 Å². The van der Waals surface area contributed by atoms with Crippen molar-refractivity contribution in [3.63, 3.8) is 0 Å². The minimum Gasteiger partial charge on any atom is -0.338 e. The fraction of sp³-hybridized carbons (Fsp3) is 0.444. The first-order valence-corrected chi connectivity index (χ1v) is 8.26. The van der Waals surface area contributed by atoms with Crippen LogP contribution in [-0.2, 0) is 17.8 Å². The second-order valence-corrected chi connectivity index (χ2v) is 6.22. The van der Waals surface area contributed by atoms with Crippen LogP contribution >= 0.6 is 0 Å². The minimum atomic E-state index is -0.866. The molecule has 1 aromatic heterocycles. The largest absolute Gasteiger partial charge is 0.338 e. The first-order chi connectivity index (χ1) is 11.6. The molecule has 1 fully saturated rings. The van der Waals surface area contributed by atoms with Crippen molar-refractivity contribution >= 4 is 5.91 Å². The summed E-state index contributed by atoms with van der Waals surface area (Å²) in [5.74, 6) is -0.790. The molecular formula is C18H21F2N3O. The van der Waals surface area contributed by atoms with E-state index >= 15 is 0 Å². The fourth-order valence-electron chi connectivity index (χ4n) is 3.30. The molecule has 0 bridgehead atoms. The van der Waals surface area contributed by atoms with Crippen molar-refractivity contribution in [1.82, 2.24) is 14.5 Å². The Balaban J connectivity index is 1.61. The van der Waals surface area contributed by atoms with Crippen LogP contribution in [0.4, 0.5) is 8.78 Å². The molecule has 1 aromatic carbocycles. The number of nitrogens with zero attached hydrogens (tertiary/aromatic N) is 3. The lowest BCUT2D eigenvalue weighted by molar-refractivity contribution is -0.132. The first-order valence-electron chi connectivity index (χ1n) is 8.26. The third kappa shape index (κ3) is 3.47. The van der Waals surface area contributed by atoms with Gasteiger partial charge in [0.05, 0.1) is 0 Å². The lowest BCUT2D eigenvalue weighted by Gasteiger charge is -2.25. The highest BCUT2D eigenvalue weighted by atomic mass is 19.2. The van der Waals surface area contributed by atoms with E-state index in [2.05, 4.69) is 4.98 Å². The SMILES string of the molecule is Cc1nccn1CC1CCCN1C(=O)CCc1cccc(F)c1F. The molecule has 2 heterocycles. The van der Waals surface area contributed by atoms with Gasteiger partial charge in [-0.25, -0.2) is 13.8 Å². The zero-order chi connectivity index (χ0) is 17.1. The van der Waals surface area contributed by atoms with Gasteiger partial charge in [-0.1, -0.05) is 12.1 Å². The Morgan fingerprint density at radius 3 is 2.96 bits per heavy atom. The maximum absolute atomic E-state index is 13.7. The number of benzene rings is 1. The molecule has 1 aliphatic rings. The molecule has 0 aliphatic carbocycles. The highest BCUT2D eigenvalue weighted by Crippen LogP contribution is 2.21. The fourth-order valence-corrected chi connectivity index (χ4v) is 3.30. The molecular weight excluding hydrogens is 312 g/mol. The molecule has 0 radical (unpaired) electrons. The lowest BCUT2D eigenvalue weighted by Crippen LogP contribution is -2.38. The number of hydrogen-bond acceptors (Lipinski definition) is 2. The number of aromatic nitrogens is 2. The van der Waals surface area contributed by atoms with Crippen molar-refractivity contribution in [2.45, 2.75) is 45.2 Å². The predicted molar refractivity (Wildman–Crippen MR) is 86.4 cm³/mol. The highest BCUT2D eigenvalue weighted by Gasteiger charge is 2.29. The predicted octanol–water partition coefficient (Wildman–Crippen LogP) is 3.09. The Kier molecular flexibility index (Phi) is 4.92. The minimum absolute atomic E-state index is 0.000991. The van der Waals surface area contributed by atoms with Crippen LogP contribution in [0.2, 0.25) is 0 Å². The van der Waals surface area contributed by atoms with Gasteiger partial charge in [-0.15, -0.1) is 0 Å². The Hall–Kier alpha value is -2.24. The average Bonchev–Trinajstić information content (AvgIpc) is 3.19. The Labute approximate surface area is 140 Å². The third-order valence-electron chi connectivity index (χ3n) is 4.67. The molecule has 4 nitrogen and oxygen atoms in total. The molecule has 3 rings (SSSR count). The number of carbonyl (C=O) groups is 1. The van der Waals surface area contributed by atoms with E-state index in [0.717, 1.165) is 37.8 Å². The van der Waals surface area contributed by atoms with Gasteiger partial charge in [0.25, 0.3) is 0 Å². The van der Waals surface area contributed by atoms with Crippen LogP contribution in [0.15, 0.2) is 30.6 Å². The first kappa shape index (κ1) is 16.6. The summed E-state index contributed by atoms with van der Waals surface area (Å²) in [6.07, 6.45) is 6.01. The van der Waals surface area contributed by atoms with Crippen LogP contribution in [0.3, 0.4) is 0 Å². The van der Waals surface area contributed by atoms with E-state index < -0.39 is 11.6 Å². The van der Waals surface area contributed by atoms with Gasteiger partial charge in [0, 0.05) is 37.9 Å². The van der Waals surface area contributed by atoms with E-state index in [4.69, 9.17) is 0 Å². The van der Waals surface area contributed by atoms with Crippen LogP contribution in [0.5, 0.6) is 0 Å². The van der Waals surface area contributed by atoms with Crippen LogP contribution < -0.4 is 0 Å². The molecule has 0 N–H and O–H groups in total. The Morgan fingerprint density at radius 1 is 1.38 bits per heavy atom. The van der Waals surface area contributed by atoms with Crippen molar-refractivity contribution in [2.24, 2.45) is 0 Å². The third-order valence-corrected chi connectivity index (χ3v) is 4.67. The van der Waals surface area contributed by atoms with Gasteiger partial charge in [-0.05, 0) is 37.8 Å². The second kappa shape index (κ2) is 7.11. The topological polar surface area (TPSA) is 38.1 Å². The number of imidazole rings is 1. The number of carbonyl (C=O) groups excluding carboxylic acids is 1. The van der Waals surface area contributed by atoms with E-state index in [1.165, 1.54) is 12.1 Å². The molecule has 1 unspecified atom stereocenters. The van der Waals surface area contributed by atoms with Crippen molar-refractivity contribution in [1.29, 1.82) is 0 Å². The smallest absolute Gasteiger partial charge is 0.223 e. The van der Waals surface area contributed by atoms with Crippen molar-refractivity contribution in [3.8, 4) is 0 Å². The molecule has 1 amide bonds. The number of halogens is 2. The zero-order valence-corrected chi connectivity index (χ0v) is 13.7. The standard InChI is InChI=1S/C18H21F2N3O/c1-13-21-9-11-22(13)12-15-5-3-10-23(15)17(24)8-7-14-4-2-6-16(19)18(14)20/h2,4,6,9,11,15H,3,5,7-8,10,12H2,1H3. The van der Waals surface area contributed by atoms with E-state index in [1.54, 1.807) is 6.20 Å². The van der Waals surface area contributed by atoms with E-state index in [1.807, 2.05) is 22.6 Å². The molecule has 6 heteroatoms. The van der Waals surface area contributed by atoms with E-state index in [9.17, 15) is 13.6 Å². The van der Waals surface area contributed by atoms with Gasteiger partial charge in [0.2, 0.25) is 5.91 Å². The van der Waals surface area contributed by atoms with Crippen molar-refractivity contribution in [3.05, 3.63) is 53.6 Å². The summed E-state index contributed by atoms with van der Waals surface area (Å²) in [6, 6.07) is 4.23. The van der Waals surface area contributed by atoms with Crippen molar-refractivity contribution < 1.29 is 13.6 Å². The lowest BCUT2D eigenvalue weighted by atomic mass is 10.1. The molecule has 1 saturated heterocycles. The monoisotopic (exact) mass is 333 g/mol. The van der Waals surface area contributed by atoms with Gasteiger partial charge in [-0.2, -0.15) is 0 Å².